The Morgan fingerprint density at radius 1 is 1.10 bits per heavy atom. The lowest BCUT2D eigenvalue weighted by Gasteiger charge is -2.26. The molecule has 1 aliphatic rings. The summed E-state index contributed by atoms with van der Waals surface area (Å²) in [6.07, 6.45) is 4.85. The number of rotatable bonds is 3. The second-order valence-electron chi connectivity index (χ2n) is 5.46. The highest BCUT2D eigenvalue weighted by molar-refractivity contribution is 7.92. The molecule has 1 fully saturated rings. The highest BCUT2D eigenvalue weighted by atomic mass is 32.2. The van der Waals surface area contributed by atoms with Gasteiger partial charge < -0.3 is 5.73 Å². The third-order valence-electron chi connectivity index (χ3n) is 4.02. The van der Waals surface area contributed by atoms with E-state index in [1.807, 2.05) is 0 Å². The normalized spacial score (nSPS) is 24.0. The Morgan fingerprint density at radius 3 is 2.38 bits per heavy atom. The zero-order chi connectivity index (χ0) is 15.5. The van der Waals surface area contributed by atoms with E-state index >= 15 is 0 Å². The first-order chi connectivity index (χ1) is 9.94. The van der Waals surface area contributed by atoms with E-state index in [9.17, 15) is 18.5 Å². The van der Waals surface area contributed by atoms with Gasteiger partial charge in [0.2, 0.25) is 0 Å². The van der Waals surface area contributed by atoms with Crippen LogP contribution in [0.4, 0.5) is 5.69 Å². The lowest BCUT2D eigenvalue weighted by atomic mass is 9.97. The second-order valence-corrected chi connectivity index (χ2v) is 7.60. The zero-order valence-electron chi connectivity index (χ0n) is 11.8. The Hall–Kier alpha value is -1.47. The van der Waals surface area contributed by atoms with Crippen LogP contribution in [0.15, 0.2) is 29.2 Å². The predicted molar refractivity (Wildman–Crippen MR) is 79.7 cm³/mol. The molecule has 2 atom stereocenters. The largest absolute Gasteiger partial charge is 0.327 e. The summed E-state index contributed by atoms with van der Waals surface area (Å²) in [6.45, 7) is 0. The van der Waals surface area contributed by atoms with Crippen LogP contribution in [0.25, 0.3) is 0 Å². The van der Waals surface area contributed by atoms with Crippen LogP contribution in [-0.4, -0.2) is 24.6 Å². The minimum absolute atomic E-state index is 0.212. The quantitative estimate of drug-likeness (QED) is 0.682. The molecule has 0 spiro atoms. The van der Waals surface area contributed by atoms with Crippen LogP contribution in [0.1, 0.15) is 38.5 Å². The Balaban J connectivity index is 2.42. The van der Waals surface area contributed by atoms with Gasteiger partial charge in [-0.25, -0.2) is 8.42 Å². The number of nitrogens with zero attached hydrogens (tertiary/aromatic N) is 1. The van der Waals surface area contributed by atoms with Crippen molar-refractivity contribution in [2.24, 2.45) is 5.73 Å². The van der Waals surface area contributed by atoms with Crippen molar-refractivity contribution in [1.29, 1.82) is 0 Å². The number of para-hydroxylation sites is 1. The summed E-state index contributed by atoms with van der Waals surface area (Å²) < 4.78 is 25.6. The van der Waals surface area contributed by atoms with E-state index in [1.165, 1.54) is 24.3 Å². The van der Waals surface area contributed by atoms with Crippen molar-refractivity contribution in [3.8, 4) is 0 Å². The summed E-state index contributed by atoms with van der Waals surface area (Å²) in [5.41, 5.74) is 5.68. The zero-order valence-corrected chi connectivity index (χ0v) is 12.6. The van der Waals surface area contributed by atoms with E-state index in [4.69, 9.17) is 5.73 Å². The standard InChI is InChI=1S/C14H20N2O4S/c15-11-7-3-1-2-4-9-13(11)21(19,20)14-10-6-5-8-12(14)16(17)18/h5-6,8,10-11,13H,1-4,7,9,15H2. The van der Waals surface area contributed by atoms with Crippen molar-refractivity contribution in [3.63, 3.8) is 0 Å². The van der Waals surface area contributed by atoms with Gasteiger partial charge in [0, 0.05) is 12.1 Å². The van der Waals surface area contributed by atoms with Gasteiger partial charge in [-0.1, -0.05) is 37.8 Å². The Labute approximate surface area is 124 Å². The van der Waals surface area contributed by atoms with Crippen LogP contribution in [-0.2, 0) is 9.84 Å². The average molecular weight is 312 g/mol. The molecule has 0 radical (unpaired) electrons. The number of nitrogens with two attached hydrogens (primary N) is 1. The van der Waals surface area contributed by atoms with Gasteiger partial charge in [-0.3, -0.25) is 10.1 Å². The molecule has 1 saturated carbocycles. The fourth-order valence-corrected chi connectivity index (χ4v) is 4.98. The molecule has 0 aliphatic heterocycles. The highest BCUT2D eigenvalue weighted by Crippen LogP contribution is 2.31. The molecule has 2 N–H and O–H groups in total. The fourth-order valence-electron chi connectivity index (χ4n) is 2.88. The van der Waals surface area contributed by atoms with Gasteiger partial charge in [-0.15, -0.1) is 0 Å². The van der Waals surface area contributed by atoms with Crippen LogP contribution < -0.4 is 5.73 Å². The van der Waals surface area contributed by atoms with Gasteiger partial charge in [0.05, 0.1) is 10.2 Å². The van der Waals surface area contributed by atoms with Crippen LogP contribution in [0.5, 0.6) is 0 Å². The topological polar surface area (TPSA) is 103 Å². The monoisotopic (exact) mass is 312 g/mol. The summed E-state index contributed by atoms with van der Waals surface area (Å²) in [5, 5.41) is 10.3. The van der Waals surface area contributed by atoms with Crippen molar-refractivity contribution in [3.05, 3.63) is 34.4 Å². The Kier molecular flexibility index (Phi) is 4.95. The molecule has 0 bridgehead atoms. The molecule has 1 aromatic rings. The van der Waals surface area contributed by atoms with Gasteiger partial charge in [-0.05, 0) is 18.9 Å². The fraction of sp³-hybridized carbons (Fsp3) is 0.571. The van der Waals surface area contributed by atoms with Crippen LogP contribution >= 0.6 is 0 Å². The first kappa shape index (κ1) is 15.9. The van der Waals surface area contributed by atoms with Crippen LogP contribution in [0, 0.1) is 10.1 Å². The van der Waals surface area contributed by atoms with Crippen molar-refractivity contribution >= 4 is 15.5 Å². The summed E-state index contributed by atoms with van der Waals surface area (Å²) in [7, 11) is -3.79. The van der Waals surface area contributed by atoms with E-state index in [0.29, 0.717) is 12.8 Å². The van der Waals surface area contributed by atoms with Crippen LogP contribution in [0.3, 0.4) is 0 Å². The van der Waals surface area contributed by atoms with Gasteiger partial charge in [0.25, 0.3) is 5.69 Å². The average Bonchev–Trinajstić information content (AvgIpc) is 2.43. The molecule has 0 aromatic heterocycles. The first-order valence-electron chi connectivity index (χ1n) is 7.17. The molecule has 0 amide bonds. The molecule has 21 heavy (non-hydrogen) atoms. The highest BCUT2D eigenvalue weighted by Gasteiger charge is 2.36. The Bertz CT molecular complexity index is 615. The van der Waals surface area contributed by atoms with E-state index in [0.717, 1.165) is 25.7 Å². The van der Waals surface area contributed by atoms with Crippen molar-refractivity contribution < 1.29 is 13.3 Å². The van der Waals surface area contributed by atoms with E-state index in [-0.39, 0.29) is 10.6 Å². The van der Waals surface area contributed by atoms with Crippen molar-refractivity contribution in [2.75, 3.05) is 0 Å². The van der Waals surface area contributed by atoms with E-state index in [2.05, 4.69) is 0 Å². The third-order valence-corrected chi connectivity index (χ3v) is 6.36. The predicted octanol–water partition coefficient (Wildman–Crippen LogP) is 2.42. The summed E-state index contributed by atoms with van der Waals surface area (Å²) in [4.78, 5) is 10.2. The summed E-state index contributed by atoms with van der Waals surface area (Å²) in [5.74, 6) is 0. The van der Waals surface area contributed by atoms with E-state index in [1.54, 1.807) is 0 Å². The van der Waals surface area contributed by atoms with Gasteiger partial charge in [-0.2, -0.15) is 0 Å². The molecule has 0 saturated heterocycles. The molecule has 2 rings (SSSR count). The molecule has 1 aromatic carbocycles. The molecule has 7 heteroatoms. The number of nitro groups is 1. The smallest absolute Gasteiger partial charge is 0.287 e. The van der Waals surface area contributed by atoms with Crippen molar-refractivity contribution in [2.45, 2.75) is 54.7 Å². The first-order valence-corrected chi connectivity index (χ1v) is 8.72. The SMILES string of the molecule is NC1CCCCCCC1S(=O)(=O)c1ccccc1[N+](=O)[O-]. The number of benzene rings is 1. The number of sulfone groups is 1. The minimum atomic E-state index is -3.79. The molecule has 0 heterocycles. The molecular weight excluding hydrogens is 292 g/mol. The molecular formula is C14H20N2O4S. The maximum absolute atomic E-state index is 12.8. The maximum atomic E-state index is 12.8. The lowest BCUT2D eigenvalue weighted by molar-refractivity contribution is -0.387. The Morgan fingerprint density at radius 2 is 1.71 bits per heavy atom. The van der Waals surface area contributed by atoms with Gasteiger partial charge in [0.1, 0.15) is 4.90 Å². The minimum Gasteiger partial charge on any atom is -0.327 e. The summed E-state index contributed by atoms with van der Waals surface area (Å²) in [6, 6.07) is 5.04. The molecule has 1 aliphatic carbocycles. The third kappa shape index (κ3) is 3.41. The van der Waals surface area contributed by atoms with Crippen molar-refractivity contribution in [1.82, 2.24) is 0 Å². The summed E-state index contributed by atoms with van der Waals surface area (Å²) >= 11 is 0. The van der Waals surface area contributed by atoms with Crippen LogP contribution in [0.2, 0.25) is 0 Å². The maximum Gasteiger partial charge on any atom is 0.287 e. The van der Waals surface area contributed by atoms with E-state index < -0.39 is 26.1 Å². The van der Waals surface area contributed by atoms with Gasteiger partial charge in [0.15, 0.2) is 9.84 Å². The number of nitro benzene ring substituents is 1. The lowest BCUT2D eigenvalue weighted by Crippen LogP contribution is -2.41. The number of hydrogen-bond donors (Lipinski definition) is 1. The molecule has 116 valence electrons. The van der Waals surface area contributed by atoms with Gasteiger partial charge >= 0.3 is 0 Å². The second kappa shape index (κ2) is 6.53. The number of hydrogen-bond acceptors (Lipinski definition) is 5. The molecule has 2 unspecified atom stereocenters. The molecule has 6 nitrogen and oxygen atoms in total.